The predicted octanol–water partition coefficient (Wildman–Crippen LogP) is 4.37. The van der Waals surface area contributed by atoms with E-state index in [-0.39, 0.29) is 0 Å². The zero-order valence-corrected chi connectivity index (χ0v) is 12.4. The summed E-state index contributed by atoms with van der Waals surface area (Å²) in [6.07, 6.45) is 13.4. The first kappa shape index (κ1) is 13.0. The summed E-state index contributed by atoms with van der Waals surface area (Å²) in [6.45, 7) is 5.89. The Bertz CT molecular complexity index is 248. The van der Waals surface area contributed by atoms with Crippen molar-refractivity contribution < 1.29 is 0 Å². The molecule has 4 aliphatic carbocycles. The lowest BCUT2D eigenvalue weighted by Gasteiger charge is -2.59. The molecule has 0 aliphatic heterocycles. The summed E-state index contributed by atoms with van der Waals surface area (Å²) in [5.41, 5.74) is 0.708. The van der Waals surface area contributed by atoms with Crippen LogP contribution in [0.1, 0.15) is 71.6 Å². The van der Waals surface area contributed by atoms with Gasteiger partial charge in [0.05, 0.1) is 0 Å². The number of hydrogen-bond acceptors (Lipinski definition) is 1. The van der Waals surface area contributed by atoms with E-state index >= 15 is 0 Å². The highest BCUT2D eigenvalue weighted by atomic mass is 14.9. The van der Waals surface area contributed by atoms with Gasteiger partial charge in [0.25, 0.3) is 0 Å². The zero-order valence-electron chi connectivity index (χ0n) is 12.4. The fourth-order valence-corrected chi connectivity index (χ4v) is 5.84. The van der Waals surface area contributed by atoms with Gasteiger partial charge >= 0.3 is 0 Å². The highest BCUT2D eigenvalue weighted by Gasteiger charge is 2.53. The lowest BCUT2D eigenvalue weighted by Crippen LogP contribution is -2.56. The van der Waals surface area contributed by atoms with Crippen LogP contribution in [0.2, 0.25) is 0 Å². The third-order valence-electron chi connectivity index (χ3n) is 6.04. The first-order valence-corrected chi connectivity index (χ1v) is 8.49. The lowest BCUT2D eigenvalue weighted by molar-refractivity contribution is -0.0752. The molecule has 1 N–H and O–H groups in total. The number of rotatable bonds is 6. The van der Waals surface area contributed by atoms with Crippen molar-refractivity contribution in [2.75, 3.05) is 6.54 Å². The van der Waals surface area contributed by atoms with Crippen LogP contribution in [-0.4, -0.2) is 12.6 Å². The maximum atomic E-state index is 3.93. The molecule has 18 heavy (non-hydrogen) atoms. The fraction of sp³-hybridized carbons (Fsp3) is 1.00. The van der Waals surface area contributed by atoms with E-state index in [9.17, 15) is 0 Å². The molecule has 4 aliphatic rings. The lowest BCUT2D eigenvalue weighted by atomic mass is 9.47. The van der Waals surface area contributed by atoms with Crippen molar-refractivity contribution in [2.24, 2.45) is 23.2 Å². The van der Waals surface area contributed by atoms with Gasteiger partial charge in [-0.25, -0.2) is 0 Å². The summed E-state index contributed by atoms with van der Waals surface area (Å²) in [5.74, 6) is 3.29. The summed E-state index contributed by atoms with van der Waals surface area (Å²) < 4.78 is 0. The molecule has 0 radical (unpaired) electrons. The average Bonchev–Trinajstić information content (AvgIpc) is 2.32. The monoisotopic (exact) mass is 249 g/mol. The molecule has 1 nitrogen and oxygen atoms in total. The van der Waals surface area contributed by atoms with Crippen LogP contribution in [0.3, 0.4) is 0 Å². The first-order chi connectivity index (χ1) is 8.75. The molecule has 0 heterocycles. The summed E-state index contributed by atoms with van der Waals surface area (Å²) in [7, 11) is 0. The van der Waals surface area contributed by atoms with E-state index < -0.39 is 0 Å². The minimum atomic E-state index is 0.708. The van der Waals surface area contributed by atoms with Crippen molar-refractivity contribution in [1.29, 1.82) is 0 Å². The Morgan fingerprint density at radius 3 is 1.94 bits per heavy atom. The quantitative estimate of drug-likeness (QED) is 0.737. The average molecular weight is 249 g/mol. The molecule has 4 bridgehead atoms. The third-order valence-corrected chi connectivity index (χ3v) is 6.04. The highest BCUT2D eigenvalue weighted by molar-refractivity contribution is 5.06. The van der Waals surface area contributed by atoms with Gasteiger partial charge in [-0.3, -0.25) is 0 Å². The molecular weight excluding hydrogens is 218 g/mol. The van der Waals surface area contributed by atoms with Crippen molar-refractivity contribution in [3.05, 3.63) is 0 Å². The topological polar surface area (TPSA) is 12.0 Å². The fourth-order valence-electron chi connectivity index (χ4n) is 5.84. The normalized spacial score (nSPS) is 43.3. The van der Waals surface area contributed by atoms with Gasteiger partial charge in [0.1, 0.15) is 0 Å². The first-order valence-electron chi connectivity index (χ1n) is 8.49. The minimum Gasteiger partial charge on any atom is -0.313 e. The van der Waals surface area contributed by atoms with E-state index in [2.05, 4.69) is 19.2 Å². The zero-order chi connectivity index (χ0) is 12.6. The standard InChI is InChI=1S/C17H31N/c1-3-5-16(18-6-4-2)17-10-13-7-14(11-17)9-15(8-13)12-17/h13-16,18H,3-12H2,1-2H3. The molecule has 4 rings (SSSR count). The van der Waals surface area contributed by atoms with Crippen LogP contribution in [0.4, 0.5) is 0 Å². The molecule has 104 valence electrons. The maximum absolute atomic E-state index is 3.93. The van der Waals surface area contributed by atoms with Gasteiger partial charge < -0.3 is 5.32 Å². The third kappa shape index (κ3) is 2.24. The van der Waals surface area contributed by atoms with Crippen molar-refractivity contribution in [3.8, 4) is 0 Å². The van der Waals surface area contributed by atoms with Gasteiger partial charge in [0.15, 0.2) is 0 Å². The Balaban J connectivity index is 1.75. The Morgan fingerprint density at radius 2 is 1.50 bits per heavy atom. The largest absolute Gasteiger partial charge is 0.313 e. The Hall–Kier alpha value is -0.0400. The summed E-state index contributed by atoms with van der Waals surface area (Å²) in [5, 5.41) is 3.93. The molecular formula is C17H31N. The highest BCUT2D eigenvalue weighted by Crippen LogP contribution is 2.61. The predicted molar refractivity (Wildman–Crippen MR) is 77.6 cm³/mol. The van der Waals surface area contributed by atoms with Crippen molar-refractivity contribution in [2.45, 2.75) is 77.7 Å². The van der Waals surface area contributed by atoms with Crippen LogP contribution >= 0.6 is 0 Å². The molecule has 0 aromatic heterocycles. The minimum absolute atomic E-state index is 0.708. The van der Waals surface area contributed by atoms with Gasteiger partial charge in [0, 0.05) is 6.04 Å². The van der Waals surface area contributed by atoms with E-state index in [1.165, 1.54) is 25.8 Å². The number of hydrogen-bond donors (Lipinski definition) is 1. The molecule has 0 spiro atoms. The van der Waals surface area contributed by atoms with E-state index in [1.54, 1.807) is 38.5 Å². The van der Waals surface area contributed by atoms with Crippen LogP contribution in [0.15, 0.2) is 0 Å². The van der Waals surface area contributed by atoms with Gasteiger partial charge in [0.2, 0.25) is 0 Å². The Labute approximate surface area is 113 Å². The van der Waals surface area contributed by atoms with Crippen LogP contribution < -0.4 is 5.32 Å². The van der Waals surface area contributed by atoms with Crippen LogP contribution in [0.25, 0.3) is 0 Å². The summed E-state index contributed by atoms with van der Waals surface area (Å²) in [4.78, 5) is 0. The molecule has 4 saturated carbocycles. The molecule has 4 fully saturated rings. The molecule has 1 unspecified atom stereocenters. The van der Waals surface area contributed by atoms with Crippen LogP contribution in [-0.2, 0) is 0 Å². The molecule has 0 amide bonds. The van der Waals surface area contributed by atoms with Gasteiger partial charge in [-0.15, -0.1) is 0 Å². The van der Waals surface area contributed by atoms with Crippen molar-refractivity contribution >= 4 is 0 Å². The van der Waals surface area contributed by atoms with Crippen molar-refractivity contribution in [1.82, 2.24) is 5.32 Å². The second-order valence-electron chi connectivity index (χ2n) is 7.58. The molecule has 1 heteroatoms. The summed E-state index contributed by atoms with van der Waals surface area (Å²) >= 11 is 0. The van der Waals surface area contributed by atoms with Gasteiger partial charge in [-0.05, 0) is 81.1 Å². The van der Waals surface area contributed by atoms with E-state index in [1.807, 2.05) is 0 Å². The summed E-state index contributed by atoms with van der Waals surface area (Å²) in [6, 6.07) is 0.829. The maximum Gasteiger partial charge on any atom is 0.0124 e. The smallest absolute Gasteiger partial charge is 0.0124 e. The second kappa shape index (κ2) is 5.15. The molecule has 0 aromatic carbocycles. The second-order valence-corrected chi connectivity index (χ2v) is 7.58. The van der Waals surface area contributed by atoms with Gasteiger partial charge in [-0.1, -0.05) is 20.3 Å². The van der Waals surface area contributed by atoms with Crippen LogP contribution in [0, 0.1) is 23.2 Å². The van der Waals surface area contributed by atoms with Crippen LogP contribution in [0.5, 0.6) is 0 Å². The Kier molecular flexibility index (Phi) is 3.71. The van der Waals surface area contributed by atoms with E-state index in [4.69, 9.17) is 0 Å². The molecule has 0 aromatic rings. The molecule has 0 saturated heterocycles. The number of nitrogens with one attached hydrogen (secondary N) is 1. The SMILES string of the molecule is CCCNC(CCC)C12CC3CC(CC(C3)C1)C2. The van der Waals surface area contributed by atoms with Gasteiger partial charge in [-0.2, -0.15) is 0 Å². The Morgan fingerprint density at radius 1 is 0.944 bits per heavy atom. The van der Waals surface area contributed by atoms with Crippen molar-refractivity contribution in [3.63, 3.8) is 0 Å². The van der Waals surface area contributed by atoms with E-state index in [0.717, 1.165) is 23.8 Å². The van der Waals surface area contributed by atoms with E-state index in [0.29, 0.717) is 5.41 Å². The molecule has 1 atom stereocenters.